The van der Waals surface area contributed by atoms with E-state index in [1.807, 2.05) is 0 Å². The number of carbonyl (C=O) groups is 1. The van der Waals surface area contributed by atoms with E-state index in [0.29, 0.717) is 0 Å². The van der Waals surface area contributed by atoms with Crippen LogP contribution in [0.15, 0.2) is 35.2 Å². The third kappa shape index (κ3) is 4.82. The first-order valence-corrected chi connectivity index (χ1v) is 8.42. The van der Waals surface area contributed by atoms with E-state index in [1.54, 1.807) is 45.9 Å². The Morgan fingerprint density at radius 2 is 1.67 bits per heavy atom. The van der Waals surface area contributed by atoms with Crippen LogP contribution in [0, 0.1) is 0 Å². The molecule has 2 N–H and O–H groups in total. The summed E-state index contributed by atoms with van der Waals surface area (Å²) in [5.74, 6) is -0.660. The van der Waals surface area contributed by atoms with Crippen molar-refractivity contribution < 1.29 is 18.3 Å². The van der Waals surface area contributed by atoms with Crippen molar-refractivity contribution in [2.24, 2.45) is 0 Å². The fourth-order valence-electron chi connectivity index (χ4n) is 1.54. The monoisotopic (exact) mass is 313 g/mol. The molecule has 5 nitrogen and oxygen atoms in total. The number of nitrogens with one attached hydrogen (secondary N) is 1. The molecule has 0 saturated heterocycles. The summed E-state index contributed by atoms with van der Waals surface area (Å²) in [4.78, 5) is 12.1. The second-order valence-corrected chi connectivity index (χ2v) is 8.22. The van der Waals surface area contributed by atoms with Crippen molar-refractivity contribution >= 4 is 15.7 Å². The molecule has 0 atom stereocenters. The summed E-state index contributed by atoms with van der Waals surface area (Å²) >= 11 is 0. The minimum atomic E-state index is -3.47. The van der Waals surface area contributed by atoms with Crippen molar-refractivity contribution in [3.05, 3.63) is 30.3 Å². The molecule has 1 aromatic carbocycles. The van der Waals surface area contributed by atoms with Gasteiger partial charge in [0.1, 0.15) is 0 Å². The van der Waals surface area contributed by atoms with E-state index in [1.165, 1.54) is 12.1 Å². The number of amides is 1. The number of benzene rings is 1. The minimum absolute atomic E-state index is 0.142. The maximum Gasteiger partial charge on any atom is 0.221 e. The number of carbonyl (C=O) groups excluding carboxylic acids is 1. The number of hydrogen-bond donors (Lipinski definition) is 2. The molecule has 1 rings (SSSR count). The minimum Gasteiger partial charge on any atom is -0.388 e. The van der Waals surface area contributed by atoms with Crippen LogP contribution in [0.1, 0.15) is 34.1 Å². The first-order valence-electron chi connectivity index (χ1n) is 6.77. The topological polar surface area (TPSA) is 83.5 Å². The lowest BCUT2D eigenvalue weighted by Crippen LogP contribution is -2.57. The van der Waals surface area contributed by atoms with E-state index in [2.05, 4.69) is 5.32 Å². The number of hydrogen-bond acceptors (Lipinski definition) is 4. The van der Waals surface area contributed by atoms with Crippen molar-refractivity contribution in [2.75, 3.05) is 5.75 Å². The van der Waals surface area contributed by atoms with Gasteiger partial charge in [-0.25, -0.2) is 8.42 Å². The van der Waals surface area contributed by atoms with Gasteiger partial charge in [0.05, 0.1) is 21.8 Å². The summed E-state index contributed by atoms with van der Waals surface area (Å²) in [6, 6.07) is 8.04. The highest BCUT2D eigenvalue weighted by Crippen LogP contribution is 2.20. The third-order valence-corrected chi connectivity index (χ3v) is 5.41. The third-order valence-electron chi connectivity index (χ3n) is 3.68. The van der Waals surface area contributed by atoms with Crippen LogP contribution in [0.3, 0.4) is 0 Å². The van der Waals surface area contributed by atoms with Crippen LogP contribution in [0.5, 0.6) is 0 Å². The number of sulfone groups is 1. The highest BCUT2D eigenvalue weighted by molar-refractivity contribution is 7.91. The maximum atomic E-state index is 12.1. The first kappa shape index (κ1) is 17.7. The molecule has 21 heavy (non-hydrogen) atoms. The Morgan fingerprint density at radius 3 is 2.14 bits per heavy atom. The van der Waals surface area contributed by atoms with E-state index < -0.39 is 26.9 Å². The zero-order chi connectivity index (χ0) is 16.3. The average molecular weight is 313 g/mol. The van der Waals surface area contributed by atoms with Gasteiger partial charge < -0.3 is 10.4 Å². The van der Waals surface area contributed by atoms with Gasteiger partial charge in [-0.3, -0.25) is 4.79 Å². The fraction of sp³-hybridized carbons (Fsp3) is 0.533. The van der Waals surface area contributed by atoms with Gasteiger partial charge in [0.25, 0.3) is 0 Å². The highest BCUT2D eigenvalue weighted by Gasteiger charge is 2.36. The molecule has 0 radical (unpaired) electrons. The zero-order valence-electron chi connectivity index (χ0n) is 12.9. The molecule has 0 aliphatic rings. The molecule has 0 aliphatic carbocycles. The molecule has 0 aliphatic heterocycles. The van der Waals surface area contributed by atoms with Crippen molar-refractivity contribution in [1.29, 1.82) is 0 Å². The Labute approximate surface area is 126 Å². The molecular formula is C15H23NO4S. The van der Waals surface area contributed by atoms with Crippen molar-refractivity contribution in [3.63, 3.8) is 0 Å². The van der Waals surface area contributed by atoms with Gasteiger partial charge in [0.15, 0.2) is 9.84 Å². The second kappa shape index (κ2) is 6.15. The molecule has 0 aromatic heterocycles. The molecule has 118 valence electrons. The van der Waals surface area contributed by atoms with Gasteiger partial charge in [0, 0.05) is 6.42 Å². The van der Waals surface area contributed by atoms with Crippen molar-refractivity contribution in [1.82, 2.24) is 5.32 Å². The molecule has 0 bridgehead atoms. The number of rotatable bonds is 6. The average Bonchev–Trinajstić information content (AvgIpc) is 2.36. The molecule has 0 fully saturated rings. The van der Waals surface area contributed by atoms with Crippen molar-refractivity contribution in [3.8, 4) is 0 Å². The lowest BCUT2D eigenvalue weighted by molar-refractivity contribution is -0.125. The summed E-state index contributed by atoms with van der Waals surface area (Å²) < 4.78 is 24.1. The SMILES string of the molecule is CC(C)(O)C(C)(C)NC(=O)CCS(=O)(=O)c1ccccc1. The van der Waals surface area contributed by atoms with Crippen LogP contribution in [-0.2, 0) is 14.6 Å². The van der Waals surface area contributed by atoms with Crippen LogP contribution >= 0.6 is 0 Å². The van der Waals surface area contributed by atoms with Gasteiger partial charge >= 0.3 is 0 Å². The second-order valence-electron chi connectivity index (χ2n) is 6.11. The highest BCUT2D eigenvalue weighted by atomic mass is 32.2. The van der Waals surface area contributed by atoms with Crippen LogP contribution in [-0.4, -0.2) is 36.3 Å². The molecule has 0 unspecified atom stereocenters. The smallest absolute Gasteiger partial charge is 0.221 e. The predicted molar refractivity (Wildman–Crippen MR) is 81.6 cm³/mol. The molecule has 6 heteroatoms. The van der Waals surface area contributed by atoms with Gasteiger partial charge in [-0.15, -0.1) is 0 Å². The molecule has 0 saturated carbocycles. The van der Waals surface area contributed by atoms with E-state index in [9.17, 15) is 18.3 Å². The quantitative estimate of drug-likeness (QED) is 0.834. The largest absolute Gasteiger partial charge is 0.388 e. The maximum absolute atomic E-state index is 12.1. The summed E-state index contributed by atoms with van der Waals surface area (Å²) in [5, 5.41) is 12.6. The summed E-state index contributed by atoms with van der Waals surface area (Å²) in [6.07, 6.45) is -0.142. The van der Waals surface area contributed by atoms with Gasteiger partial charge in [-0.1, -0.05) is 18.2 Å². The van der Waals surface area contributed by atoms with E-state index in [0.717, 1.165) is 0 Å². The van der Waals surface area contributed by atoms with Crippen LogP contribution in [0.2, 0.25) is 0 Å². The van der Waals surface area contributed by atoms with Gasteiger partial charge in [-0.05, 0) is 39.8 Å². The van der Waals surface area contributed by atoms with Crippen molar-refractivity contribution in [2.45, 2.75) is 50.2 Å². The van der Waals surface area contributed by atoms with E-state index >= 15 is 0 Å². The van der Waals surface area contributed by atoms with Gasteiger partial charge in [0.2, 0.25) is 5.91 Å². The van der Waals surface area contributed by atoms with Gasteiger partial charge in [-0.2, -0.15) is 0 Å². The summed E-state index contributed by atoms with van der Waals surface area (Å²) in [5.41, 5.74) is -1.96. The Morgan fingerprint density at radius 1 is 1.14 bits per heavy atom. The Hall–Kier alpha value is -1.40. The molecule has 1 aromatic rings. The fourth-order valence-corrected chi connectivity index (χ4v) is 2.80. The number of aliphatic hydroxyl groups is 1. The Balaban J connectivity index is 2.66. The van der Waals surface area contributed by atoms with Crippen LogP contribution < -0.4 is 5.32 Å². The van der Waals surface area contributed by atoms with Crippen LogP contribution in [0.25, 0.3) is 0 Å². The molecule has 0 heterocycles. The lowest BCUT2D eigenvalue weighted by Gasteiger charge is -2.38. The first-order chi connectivity index (χ1) is 9.46. The molecule has 0 spiro atoms. The van der Waals surface area contributed by atoms with Crippen LogP contribution in [0.4, 0.5) is 0 Å². The Bertz CT molecular complexity index is 586. The lowest BCUT2D eigenvalue weighted by atomic mass is 9.86. The zero-order valence-corrected chi connectivity index (χ0v) is 13.7. The molecular weight excluding hydrogens is 290 g/mol. The predicted octanol–water partition coefficient (Wildman–Crippen LogP) is 1.52. The van der Waals surface area contributed by atoms with E-state index in [-0.39, 0.29) is 17.1 Å². The Kier molecular flexibility index (Phi) is 5.17. The molecule has 1 amide bonds. The summed E-state index contributed by atoms with van der Waals surface area (Å²) in [6.45, 7) is 6.56. The van der Waals surface area contributed by atoms with E-state index in [4.69, 9.17) is 0 Å². The normalized spacial score (nSPS) is 13.0. The standard InChI is InChI=1S/C15H23NO4S/c1-14(2,15(3,4)18)16-13(17)10-11-21(19,20)12-8-6-5-7-9-12/h5-9,18H,10-11H2,1-4H3,(H,16,17). The summed E-state index contributed by atoms with van der Waals surface area (Å²) in [7, 11) is -3.47.